The number of imidazole rings is 2. The molecule has 4 atom stereocenters. The van der Waals surface area contributed by atoms with Gasteiger partial charge >= 0.3 is 24.3 Å². The number of esters is 1. The summed E-state index contributed by atoms with van der Waals surface area (Å²) in [5.74, 6) is -2.28. The summed E-state index contributed by atoms with van der Waals surface area (Å²) in [5.41, 5.74) is 5.83. The molecule has 338 valence electrons. The van der Waals surface area contributed by atoms with Gasteiger partial charge in [-0.25, -0.2) is 29.3 Å². The van der Waals surface area contributed by atoms with E-state index in [0.29, 0.717) is 66.4 Å². The van der Waals surface area contributed by atoms with Crippen LogP contribution >= 0.6 is 0 Å². The minimum Gasteiger partial charge on any atom is -0.453 e. The van der Waals surface area contributed by atoms with Gasteiger partial charge in [0.25, 0.3) is 0 Å². The number of rotatable bonds is 12. The van der Waals surface area contributed by atoms with Crippen LogP contribution in [0.1, 0.15) is 83.0 Å². The minimum absolute atomic E-state index is 0.139. The maximum Gasteiger partial charge on any atom is 0.491 e. The monoisotopic (exact) mass is 886 g/mol. The molecule has 2 aliphatic heterocycles. The number of benzene rings is 2. The molecule has 3 aromatic heterocycles. The van der Waals surface area contributed by atoms with Crippen LogP contribution in [0.5, 0.6) is 0 Å². The normalized spacial score (nSPS) is 17.4. The second kappa shape index (κ2) is 18.9. The van der Waals surface area contributed by atoms with Crippen molar-refractivity contribution >= 4 is 41.0 Å². The van der Waals surface area contributed by atoms with E-state index in [0.717, 1.165) is 47.2 Å². The predicted octanol–water partition coefficient (Wildman–Crippen LogP) is 7.11. The fourth-order valence-corrected chi connectivity index (χ4v) is 8.23. The fourth-order valence-electron chi connectivity index (χ4n) is 8.23. The van der Waals surface area contributed by atoms with Crippen LogP contribution in [0.2, 0.25) is 0 Å². The third-order valence-corrected chi connectivity index (χ3v) is 11.6. The summed E-state index contributed by atoms with van der Waals surface area (Å²) in [5, 5.41) is 2.67. The number of methoxy groups -OCH3 is 1. The number of amides is 4. The van der Waals surface area contributed by atoms with Crippen molar-refractivity contribution in [3.05, 3.63) is 72.7 Å². The molecule has 5 heterocycles. The number of alkyl carbamates (subject to hydrolysis) is 1. The number of ether oxygens (including phenoxy) is 2. The van der Waals surface area contributed by atoms with E-state index in [9.17, 15) is 37.1 Å². The molecule has 2 aromatic carbocycles. The number of fused-ring (bicyclic) bond motifs is 1. The van der Waals surface area contributed by atoms with Gasteiger partial charge in [-0.3, -0.25) is 19.5 Å². The number of H-pyrrole nitrogens is 2. The van der Waals surface area contributed by atoms with Crippen LogP contribution < -0.4 is 5.32 Å². The molecule has 20 heteroatoms. The molecular formula is C44H49F3N10O7. The standard InChI is InChI=1S/C44H49F3N10O7/c1-6-9-35(55(4)43(62)64-41(60)44(45,46)47)39(58)56-18-7-10-33(56)37-50-23-32(53-37)27-16-17-28-29(20-27)48-21-30(51-28)25-12-14-26(15-13-25)31-22-49-38(52-31)34-11-8-19-57(34)40(59)36(24(2)3)54-42(61)63-5/h12-17,20-24,33-36H,6-11,18-19H2,1-5H3,(H,49,52)(H,50,53)(H,54,61)/t33-,34-,35-,36-/m0/s1. The highest BCUT2D eigenvalue weighted by Crippen LogP contribution is 2.35. The zero-order chi connectivity index (χ0) is 45.9. The Bertz CT molecular complexity index is 2520. The van der Waals surface area contributed by atoms with Crippen LogP contribution in [0.3, 0.4) is 0 Å². The van der Waals surface area contributed by atoms with Crippen LogP contribution in [-0.4, -0.2) is 120 Å². The molecule has 2 saturated heterocycles. The van der Waals surface area contributed by atoms with E-state index in [2.05, 4.69) is 25.0 Å². The first-order valence-corrected chi connectivity index (χ1v) is 21.1. The molecule has 0 bridgehead atoms. The number of nitrogens with zero attached hydrogens (tertiary/aromatic N) is 7. The summed E-state index contributed by atoms with van der Waals surface area (Å²) in [6.07, 6.45) is 0.895. The Hall–Kier alpha value is -6.86. The summed E-state index contributed by atoms with van der Waals surface area (Å²) < 4.78 is 47.0. The Balaban J connectivity index is 1.01. The Morgan fingerprint density at radius 3 is 2.14 bits per heavy atom. The molecule has 17 nitrogen and oxygen atoms in total. The van der Waals surface area contributed by atoms with Crippen LogP contribution in [0, 0.1) is 5.92 Å². The molecule has 0 spiro atoms. The highest BCUT2D eigenvalue weighted by atomic mass is 19.4. The van der Waals surface area contributed by atoms with E-state index in [1.54, 1.807) is 29.1 Å². The van der Waals surface area contributed by atoms with Crippen molar-refractivity contribution in [2.24, 2.45) is 5.92 Å². The molecule has 4 amide bonds. The van der Waals surface area contributed by atoms with E-state index in [4.69, 9.17) is 19.7 Å². The Kier molecular flexibility index (Phi) is 13.3. The SMILES string of the molecule is CCC[C@@H](C(=O)N1CCC[C@H]1c1ncc(-c2ccc3nc(-c4ccc(-c5c[nH]c([C@@H]6CCCN6C(=O)[C@@H](NC(=O)OC)C(C)C)n5)cc4)cnc3c2)[nH]1)N(C)C(=O)OC(=O)C(F)(F)F. The van der Waals surface area contributed by atoms with Gasteiger partial charge in [-0.1, -0.05) is 57.5 Å². The summed E-state index contributed by atoms with van der Waals surface area (Å²) in [7, 11) is 2.40. The fraction of sp³-hybridized carbons (Fsp3) is 0.432. The molecule has 64 heavy (non-hydrogen) atoms. The number of likely N-dealkylation sites (tertiary alicyclic amines) is 2. The molecule has 5 aromatic rings. The number of carbonyl (C=O) groups excluding carboxylic acids is 5. The van der Waals surface area contributed by atoms with Gasteiger partial charge in [0.2, 0.25) is 11.8 Å². The molecule has 0 radical (unpaired) electrons. The van der Waals surface area contributed by atoms with Crippen molar-refractivity contribution in [3.8, 4) is 33.8 Å². The van der Waals surface area contributed by atoms with Gasteiger partial charge in [-0.2, -0.15) is 13.2 Å². The lowest BCUT2D eigenvalue weighted by Gasteiger charge is -2.32. The van der Waals surface area contributed by atoms with E-state index >= 15 is 0 Å². The first kappa shape index (κ1) is 45.2. The highest BCUT2D eigenvalue weighted by Gasteiger charge is 2.45. The molecular weight excluding hydrogens is 838 g/mol. The number of aromatic nitrogens is 6. The van der Waals surface area contributed by atoms with E-state index in [-0.39, 0.29) is 24.3 Å². The number of nitrogens with one attached hydrogen (secondary N) is 3. The Morgan fingerprint density at radius 2 is 1.50 bits per heavy atom. The Labute approximate surface area is 366 Å². The zero-order valence-electron chi connectivity index (χ0n) is 35.9. The first-order chi connectivity index (χ1) is 30.6. The van der Waals surface area contributed by atoms with E-state index in [1.165, 1.54) is 7.11 Å². The lowest BCUT2D eigenvalue weighted by molar-refractivity contribution is -0.194. The average Bonchev–Trinajstić information content (AvgIpc) is 4.13. The van der Waals surface area contributed by atoms with E-state index in [1.807, 2.05) is 62.5 Å². The number of hydrogen-bond acceptors (Lipinski definition) is 11. The summed E-state index contributed by atoms with van der Waals surface area (Å²) in [6.45, 7) is 6.41. The predicted molar refractivity (Wildman–Crippen MR) is 226 cm³/mol. The van der Waals surface area contributed by atoms with Crippen molar-refractivity contribution < 1.29 is 46.6 Å². The van der Waals surface area contributed by atoms with Gasteiger partial charge < -0.3 is 34.6 Å². The number of carbonyl (C=O) groups is 5. The summed E-state index contributed by atoms with van der Waals surface area (Å²) in [4.78, 5) is 92.7. The maximum absolute atomic E-state index is 13.8. The smallest absolute Gasteiger partial charge is 0.453 e. The van der Waals surface area contributed by atoms with Crippen molar-refractivity contribution in [3.63, 3.8) is 0 Å². The third-order valence-electron chi connectivity index (χ3n) is 11.6. The Morgan fingerprint density at radius 1 is 0.859 bits per heavy atom. The topological polar surface area (TPSA) is 209 Å². The van der Waals surface area contributed by atoms with Gasteiger partial charge in [-0.15, -0.1) is 0 Å². The minimum atomic E-state index is -5.36. The van der Waals surface area contributed by atoms with Crippen molar-refractivity contribution in [1.82, 2.24) is 49.9 Å². The molecule has 3 N–H and O–H groups in total. The van der Waals surface area contributed by atoms with Crippen LogP contribution in [-0.2, 0) is 23.9 Å². The van der Waals surface area contributed by atoms with Crippen LogP contribution in [0.15, 0.2) is 61.1 Å². The quantitative estimate of drug-likeness (QED) is 0.0850. The highest BCUT2D eigenvalue weighted by molar-refractivity contribution is 5.91. The summed E-state index contributed by atoms with van der Waals surface area (Å²) >= 11 is 0. The molecule has 0 unspecified atom stereocenters. The number of likely N-dealkylation sites (N-methyl/N-ethyl adjacent to an activating group) is 1. The summed E-state index contributed by atoms with van der Waals surface area (Å²) in [6, 6.07) is 10.8. The molecule has 0 aliphatic carbocycles. The third kappa shape index (κ3) is 9.54. The van der Waals surface area contributed by atoms with E-state index < -0.39 is 48.4 Å². The van der Waals surface area contributed by atoms with Gasteiger partial charge in [0, 0.05) is 43.0 Å². The van der Waals surface area contributed by atoms with Gasteiger partial charge in [0.15, 0.2) is 0 Å². The van der Waals surface area contributed by atoms with Crippen LogP contribution in [0.4, 0.5) is 22.8 Å². The second-order valence-corrected chi connectivity index (χ2v) is 16.2. The molecule has 7 rings (SSSR count). The number of alkyl halides is 3. The number of hydrogen-bond donors (Lipinski definition) is 3. The molecule has 0 saturated carbocycles. The molecule has 2 aliphatic rings. The average molecular weight is 887 g/mol. The lowest BCUT2D eigenvalue weighted by atomic mass is 10.0. The van der Waals surface area contributed by atoms with Gasteiger partial charge in [0.1, 0.15) is 23.7 Å². The van der Waals surface area contributed by atoms with Crippen molar-refractivity contribution in [2.45, 2.75) is 89.6 Å². The second-order valence-electron chi connectivity index (χ2n) is 16.2. The van der Waals surface area contributed by atoms with Gasteiger partial charge in [0.05, 0.1) is 59.7 Å². The first-order valence-electron chi connectivity index (χ1n) is 21.1. The maximum atomic E-state index is 13.8. The largest absolute Gasteiger partial charge is 0.491 e. The number of halogens is 3. The van der Waals surface area contributed by atoms with Crippen molar-refractivity contribution in [1.29, 1.82) is 0 Å². The van der Waals surface area contributed by atoms with Crippen LogP contribution in [0.25, 0.3) is 44.8 Å². The molecule has 2 fully saturated rings. The number of aromatic amines is 2. The zero-order valence-corrected chi connectivity index (χ0v) is 35.9. The van der Waals surface area contributed by atoms with Gasteiger partial charge in [-0.05, 0) is 50.2 Å². The lowest BCUT2D eigenvalue weighted by Crippen LogP contribution is -2.51. The van der Waals surface area contributed by atoms with Crippen molar-refractivity contribution in [2.75, 3.05) is 27.2 Å².